The first-order valence-corrected chi connectivity index (χ1v) is 6.55. The topological polar surface area (TPSA) is 56.4 Å². The SMILES string of the molecule is N#C/C=C/C1=NC12[C@@H]1CC3C[C@H]2CC(O)(C3)C1. The Kier molecular flexibility index (Phi) is 1.63. The lowest BCUT2D eigenvalue weighted by Gasteiger charge is -2.58. The summed E-state index contributed by atoms with van der Waals surface area (Å²) < 4.78 is 0. The largest absolute Gasteiger partial charge is 0.390 e. The maximum absolute atomic E-state index is 10.5. The Balaban J connectivity index is 1.65. The van der Waals surface area contributed by atoms with Crippen LogP contribution in [0.15, 0.2) is 17.1 Å². The van der Waals surface area contributed by atoms with Gasteiger partial charge in [-0.25, -0.2) is 0 Å². The molecule has 0 aromatic rings. The van der Waals surface area contributed by atoms with Crippen LogP contribution in [0.5, 0.6) is 0 Å². The molecule has 4 aliphatic carbocycles. The molecular weight excluding hydrogens is 212 g/mol. The number of nitrogens with zero attached hydrogens (tertiary/aromatic N) is 2. The van der Waals surface area contributed by atoms with Crippen molar-refractivity contribution in [3.05, 3.63) is 12.2 Å². The first-order chi connectivity index (χ1) is 8.16. The quantitative estimate of drug-likeness (QED) is 0.696. The molecule has 1 aliphatic heterocycles. The Bertz CT molecular complexity index is 469. The first-order valence-electron chi connectivity index (χ1n) is 6.55. The highest BCUT2D eigenvalue weighted by Gasteiger charge is 2.68. The van der Waals surface area contributed by atoms with Gasteiger partial charge in [-0.3, -0.25) is 4.99 Å². The van der Waals surface area contributed by atoms with E-state index in [1.807, 2.05) is 12.1 Å². The Labute approximate surface area is 101 Å². The normalized spacial score (nSPS) is 54.1. The third-order valence-electron chi connectivity index (χ3n) is 5.38. The molecule has 4 saturated carbocycles. The molecule has 4 fully saturated rings. The van der Waals surface area contributed by atoms with Crippen LogP contribution in [0.25, 0.3) is 0 Å². The second kappa shape index (κ2) is 2.81. The third-order valence-corrected chi connectivity index (χ3v) is 5.38. The Morgan fingerprint density at radius 1 is 1.29 bits per heavy atom. The van der Waals surface area contributed by atoms with Gasteiger partial charge in [-0.15, -0.1) is 0 Å². The van der Waals surface area contributed by atoms with Gasteiger partial charge in [0.2, 0.25) is 0 Å². The minimum absolute atomic E-state index is 0.0382. The molecule has 5 atom stereocenters. The van der Waals surface area contributed by atoms with Crippen LogP contribution in [-0.2, 0) is 0 Å². The van der Waals surface area contributed by atoms with Crippen LogP contribution in [0, 0.1) is 29.1 Å². The van der Waals surface area contributed by atoms with Gasteiger partial charge in [0.05, 0.1) is 17.4 Å². The molecule has 0 saturated heterocycles. The van der Waals surface area contributed by atoms with E-state index in [2.05, 4.69) is 0 Å². The van der Waals surface area contributed by atoms with Gasteiger partial charge < -0.3 is 5.11 Å². The lowest BCUT2D eigenvalue weighted by Crippen LogP contribution is -2.60. The molecule has 1 N–H and O–H groups in total. The molecule has 0 radical (unpaired) electrons. The van der Waals surface area contributed by atoms with Crippen LogP contribution >= 0.6 is 0 Å². The van der Waals surface area contributed by atoms with E-state index in [4.69, 9.17) is 10.3 Å². The number of aliphatic imine (C=N–C) groups is 1. The van der Waals surface area contributed by atoms with E-state index in [0.717, 1.165) is 30.9 Å². The fraction of sp³-hybridized carbons (Fsp3) is 0.714. The zero-order valence-electron chi connectivity index (χ0n) is 9.76. The molecule has 0 aromatic heterocycles. The van der Waals surface area contributed by atoms with Crippen molar-refractivity contribution in [3.63, 3.8) is 0 Å². The summed E-state index contributed by atoms with van der Waals surface area (Å²) in [5.41, 5.74) is 0.775. The molecule has 4 bridgehead atoms. The minimum Gasteiger partial charge on any atom is -0.390 e. The average molecular weight is 228 g/mol. The average Bonchev–Trinajstić information content (AvgIpc) is 2.97. The summed E-state index contributed by atoms with van der Waals surface area (Å²) in [5.74, 6) is 1.80. The number of rotatable bonds is 1. The highest BCUT2D eigenvalue weighted by Crippen LogP contribution is 2.65. The molecule has 17 heavy (non-hydrogen) atoms. The predicted octanol–water partition coefficient (Wildman–Crippen LogP) is 1.83. The van der Waals surface area contributed by atoms with Gasteiger partial charge in [-0.1, -0.05) is 0 Å². The van der Waals surface area contributed by atoms with Gasteiger partial charge in [0.15, 0.2) is 0 Å². The Morgan fingerprint density at radius 2 is 2.00 bits per heavy atom. The van der Waals surface area contributed by atoms with Crippen molar-refractivity contribution in [1.29, 1.82) is 5.26 Å². The molecule has 3 unspecified atom stereocenters. The number of allylic oxidation sites excluding steroid dienone is 1. The van der Waals surface area contributed by atoms with E-state index >= 15 is 0 Å². The molecule has 5 rings (SSSR count). The van der Waals surface area contributed by atoms with Crippen molar-refractivity contribution in [2.24, 2.45) is 22.7 Å². The lowest BCUT2D eigenvalue weighted by molar-refractivity contribution is -0.137. The summed E-state index contributed by atoms with van der Waals surface area (Å²) >= 11 is 0. The smallest absolute Gasteiger partial charge is 0.108 e. The van der Waals surface area contributed by atoms with Crippen molar-refractivity contribution < 1.29 is 5.11 Å². The molecule has 88 valence electrons. The predicted molar refractivity (Wildman–Crippen MR) is 63.4 cm³/mol. The van der Waals surface area contributed by atoms with Crippen molar-refractivity contribution in [1.82, 2.24) is 0 Å². The van der Waals surface area contributed by atoms with E-state index in [-0.39, 0.29) is 11.1 Å². The summed E-state index contributed by atoms with van der Waals surface area (Å²) in [6.07, 6.45) is 8.73. The molecule has 5 aliphatic rings. The van der Waals surface area contributed by atoms with Crippen molar-refractivity contribution in [2.75, 3.05) is 0 Å². The second-order valence-electron chi connectivity index (χ2n) is 6.35. The van der Waals surface area contributed by atoms with Crippen LogP contribution < -0.4 is 0 Å². The van der Waals surface area contributed by atoms with Gasteiger partial charge in [0.1, 0.15) is 5.54 Å². The van der Waals surface area contributed by atoms with E-state index in [1.54, 1.807) is 0 Å². The number of hydrogen-bond donors (Lipinski definition) is 1. The standard InChI is InChI=1S/C14H16N2O/c15-3-1-2-12-14(16-12)10-4-9-5-11(14)8-13(17,6-9)7-10/h1-2,9-11,17H,4-8H2/b2-1+/t9?,10-,11+,13?,14?. The molecule has 0 amide bonds. The van der Waals surface area contributed by atoms with E-state index in [9.17, 15) is 5.11 Å². The zero-order chi connectivity index (χ0) is 11.7. The van der Waals surface area contributed by atoms with Crippen LogP contribution in [0.1, 0.15) is 32.1 Å². The van der Waals surface area contributed by atoms with Crippen molar-refractivity contribution >= 4 is 5.71 Å². The maximum atomic E-state index is 10.5. The maximum Gasteiger partial charge on any atom is 0.108 e. The van der Waals surface area contributed by atoms with Crippen LogP contribution in [0.2, 0.25) is 0 Å². The second-order valence-corrected chi connectivity index (χ2v) is 6.35. The summed E-state index contributed by atoms with van der Waals surface area (Å²) in [5, 5.41) is 19.1. The molecule has 3 heteroatoms. The van der Waals surface area contributed by atoms with Crippen LogP contribution in [0.3, 0.4) is 0 Å². The third kappa shape index (κ3) is 1.12. The number of nitriles is 1. The van der Waals surface area contributed by atoms with Crippen LogP contribution in [-0.4, -0.2) is 22.0 Å². The van der Waals surface area contributed by atoms with Gasteiger partial charge in [-0.2, -0.15) is 5.26 Å². The fourth-order valence-electron chi connectivity index (χ4n) is 5.00. The Hall–Kier alpha value is -1.14. The van der Waals surface area contributed by atoms with Gasteiger partial charge >= 0.3 is 0 Å². The van der Waals surface area contributed by atoms with Crippen LogP contribution in [0.4, 0.5) is 0 Å². The number of hydrogen-bond acceptors (Lipinski definition) is 3. The fourth-order valence-corrected chi connectivity index (χ4v) is 5.00. The lowest BCUT2D eigenvalue weighted by atomic mass is 9.48. The summed E-state index contributed by atoms with van der Waals surface area (Å²) in [6.45, 7) is 0. The zero-order valence-corrected chi connectivity index (χ0v) is 9.76. The minimum atomic E-state index is -0.385. The summed E-state index contributed by atoms with van der Waals surface area (Å²) in [6, 6.07) is 2.04. The highest BCUT2D eigenvalue weighted by atomic mass is 16.3. The highest BCUT2D eigenvalue weighted by molar-refractivity contribution is 6.14. The molecular formula is C14H16N2O. The van der Waals surface area contributed by atoms with Gasteiger partial charge in [0.25, 0.3) is 0 Å². The number of aliphatic hydroxyl groups is 1. The first kappa shape index (κ1) is 9.85. The summed E-state index contributed by atoms with van der Waals surface area (Å²) in [4.78, 5) is 4.72. The van der Waals surface area contributed by atoms with Gasteiger partial charge in [-0.05, 0) is 55.9 Å². The Morgan fingerprint density at radius 3 is 2.59 bits per heavy atom. The summed E-state index contributed by atoms with van der Waals surface area (Å²) in [7, 11) is 0. The molecule has 1 spiro atoms. The molecule has 0 aromatic carbocycles. The molecule has 1 heterocycles. The van der Waals surface area contributed by atoms with E-state index in [0.29, 0.717) is 11.8 Å². The van der Waals surface area contributed by atoms with E-state index < -0.39 is 0 Å². The van der Waals surface area contributed by atoms with Crippen molar-refractivity contribution in [2.45, 2.75) is 43.2 Å². The van der Waals surface area contributed by atoms with Gasteiger partial charge in [0, 0.05) is 6.08 Å². The monoisotopic (exact) mass is 228 g/mol. The molecule has 3 nitrogen and oxygen atoms in total. The van der Waals surface area contributed by atoms with Crippen molar-refractivity contribution in [3.8, 4) is 6.07 Å². The van der Waals surface area contributed by atoms with E-state index in [1.165, 1.54) is 18.9 Å².